The van der Waals surface area contributed by atoms with Crippen molar-refractivity contribution in [2.45, 2.75) is 43.7 Å². The van der Waals surface area contributed by atoms with Crippen LogP contribution in [0.5, 0.6) is 0 Å². The molecule has 0 aromatic heterocycles. The van der Waals surface area contributed by atoms with Gasteiger partial charge < -0.3 is 20.1 Å². The predicted molar refractivity (Wildman–Crippen MR) is 135 cm³/mol. The van der Waals surface area contributed by atoms with Gasteiger partial charge in [0.15, 0.2) is 0 Å². The van der Waals surface area contributed by atoms with Gasteiger partial charge in [0.1, 0.15) is 0 Å². The zero-order valence-corrected chi connectivity index (χ0v) is 20.0. The maximum atomic E-state index is 12.9. The molecule has 0 amide bonds. The van der Waals surface area contributed by atoms with Gasteiger partial charge in [0.2, 0.25) is 5.60 Å². The monoisotopic (exact) mass is 461 g/mol. The second-order valence-corrected chi connectivity index (χ2v) is 9.68. The van der Waals surface area contributed by atoms with Crippen LogP contribution in [0.3, 0.4) is 0 Å². The molecular formula is C28H35N3O3. The zero-order valence-electron chi connectivity index (χ0n) is 20.0. The minimum atomic E-state index is -1.53. The molecule has 34 heavy (non-hydrogen) atoms. The minimum Gasteiger partial charge on any atom is -0.479 e. The predicted octanol–water partition coefficient (Wildman–Crippen LogP) is 4.40. The van der Waals surface area contributed by atoms with Gasteiger partial charge in [-0.2, -0.15) is 0 Å². The Kier molecular flexibility index (Phi) is 6.73. The Labute approximate surface area is 202 Å². The molecule has 1 unspecified atom stereocenters. The van der Waals surface area contributed by atoms with Crippen LogP contribution < -0.4 is 5.32 Å². The molecule has 2 fully saturated rings. The molecule has 0 spiro atoms. The van der Waals surface area contributed by atoms with E-state index in [4.69, 9.17) is 4.74 Å². The lowest BCUT2D eigenvalue weighted by atomic mass is 9.79. The van der Waals surface area contributed by atoms with Crippen LogP contribution in [0.25, 0.3) is 5.70 Å². The van der Waals surface area contributed by atoms with Gasteiger partial charge in [-0.3, -0.25) is 4.90 Å². The molecule has 2 aromatic carbocycles. The number of rotatable bonds is 6. The van der Waals surface area contributed by atoms with E-state index in [0.29, 0.717) is 18.2 Å². The van der Waals surface area contributed by atoms with Crippen molar-refractivity contribution < 1.29 is 14.6 Å². The van der Waals surface area contributed by atoms with E-state index < -0.39 is 11.6 Å². The molecule has 3 heterocycles. The number of aliphatic carboxylic acids is 1. The van der Waals surface area contributed by atoms with E-state index in [1.165, 1.54) is 39.5 Å². The van der Waals surface area contributed by atoms with Crippen molar-refractivity contribution in [3.63, 3.8) is 0 Å². The molecule has 0 radical (unpaired) electrons. The summed E-state index contributed by atoms with van der Waals surface area (Å²) in [6, 6.07) is 18.3. The Bertz CT molecular complexity index is 1040. The first-order valence-corrected chi connectivity index (χ1v) is 12.5. The molecule has 2 N–H and O–H groups in total. The highest BCUT2D eigenvalue weighted by Crippen LogP contribution is 2.46. The highest BCUT2D eigenvalue weighted by Gasteiger charge is 2.50. The molecule has 180 valence electrons. The Morgan fingerprint density at radius 2 is 1.68 bits per heavy atom. The molecular weight excluding hydrogens is 426 g/mol. The summed E-state index contributed by atoms with van der Waals surface area (Å²) in [5.41, 5.74) is 2.47. The van der Waals surface area contributed by atoms with Crippen LogP contribution in [0.15, 0.2) is 60.2 Å². The quantitative estimate of drug-likeness (QED) is 0.665. The van der Waals surface area contributed by atoms with Crippen molar-refractivity contribution in [3.05, 3.63) is 71.3 Å². The number of fused-ring (bicyclic) bond motifs is 1. The Hall–Kier alpha value is -2.67. The van der Waals surface area contributed by atoms with Gasteiger partial charge in [0.05, 0.1) is 5.70 Å². The normalized spacial score (nSPS) is 24.5. The minimum absolute atomic E-state index is 0.554. The summed E-state index contributed by atoms with van der Waals surface area (Å²) in [6.07, 6.45) is 6.24. The number of carbonyl (C=O) groups is 1. The third-order valence-electron chi connectivity index (χ3n) is 7.81. The molecule has 6 nitrogen and oxygen atoms in total. The molecule has 0 bridgehead atoms. The van der Waals surface area contributed by atoms with Crippen LogP contribution in [0.2, 0.25) is 0 Å². The number of carboxylic acid groups (broad SMARTS) is 1. The number of methoxy groups -OCH3 is 1. The lowest BCUT2D eigenvalue weighted by molar-refractivity contribution is -0.159. The number of piperidine rings is 2. The van der Waals surface area contributed by atoms with Crippen molar-refractivity contribution in [1.82, 2.24) is 9.80 Å². The second kappa shape index (κ2) is 9.90. The average Bonchev–Trinajstić information content (AvgIpc) is 2.89. The number of anilines is 1. The van der Waals surface area contributed by atoms with Crippen LogP contribution >= 0.6 is 0 Å². The number of nitrogens with one attached hydrogen (secondary N) is 1. The Balaban J connectivity index is 1.49. The number of carboxylic acids is 1. The molecule has 1 atom stereocenters. The number of hydrogen-bond acceptors (Lipinski definition) is 5. The van der Waals surface area contributed by atoms with Crippen LogP contribution in [0.1, 0.15) is 43.2 Å². The first-order valence-electron chi connectivity index (χ1n) is 12.5. The lowest BCUT2D eigenvalue weighted by Crippen LogP contribution is -2.50. The number of ether oxygens (including phenoxy) is 1. The molecule has 6 heteroatoms. The molecule has 3 aliphatic rings. The average molecular weight is 462 g/mol. The number of likely N-dealkylation sites (tertiary alicyclic amines) is 2. The summed E-state index contributed by atoms with van der Waals surface area (Å²) in [5.74, 6) is -0.976. The van der Waals surface area contributed by atoms with Gasteiger partial charge in [-0.15, -0.1) is 0 Å². The van der Waals surface area contributed by atoms with Crippen LogP contribution in [0, 0.1) is 0 Å². The Morgan fingerprint density at radius 1 is 1.00 bits per heavy atom. The van der Waals surface area contributed by atoms with Gasteiger partial charge in [-0.05, 0) is 63.5 Å². The second-order valence-electron chi connectivity index (χ2n) is 9.68. The molecule has 2 aromatic rings. The maximum absolute atomic E-state index is 12.9. The number of hydrogen-bond donors (Lipinski definition) is 2. The fourth-order valence-corrected chi connectivity index (χ4v) is 6.00. The number of nitrogens with zero attached hydrogens (tertiary/aromatic N) is 2. The lowest BCUT2D eigenvalue weighted by Gasteiger charge is -2.43. The standard InChI is InChI=1S/C28H35N3O3/c1-34-28(27(32)33)23-12-6-7-13-25(23)29-26(21-10-4-2-5-11-21)24(28)20-30-18-14-22(15-19-30)31-16-8-3-9-17-31/h2,4-7,10-13,22,29H,3,8-9,14-20H2,1H3,(H,32,33). The van der Waals surface area contributed by atoms with Crippen molar-refractivity contribution in [3.8, 4) is 0 Å². The largest absolute Gasteiger partial charge is 0.479 e. The fraction of sp³-hybridized carbons (Fsp3) is 0.464. The Morgan fingerprint density at radius 3 is 2.35 bits per heavy atom. The number of benzene rings is 2. The third kappa shape index (κ3) is 4.15. The SMILES string of the molecule is COC1(C(=O)O)C(CN2CCC(N3CCCCC3)CC2)=C(c2ccccc2)Nc2ccccc21. The third-order valence-corrected chi connectivity index (χ3v) is 7.81. The van der Waals surface area contributed by atoms with Gasteiger partial charge in [-0.1, -0.05) is 55.0 Å². The van der Waals surface area contributed by atoms with Gasteiger partial charge in [0.25, 0.3) is 0 Å². The van der Waals surface area contributed by atoms with E-state index >= 15 is 0 Å². The van der Waals surface area contributed by atoms with E-state index in [2.05, 4.69) is 15.1 Å². The molecule has 3 aliphatic heterocycles. The summed E-state index contributed by atoms with van der Waals surface area (Å²) < 4.78 is 5.96. The van der Waals surface area contributed by atoms with Gasteiger partial charge in [0, 0.05) is 36.5 Å². The molecule has 5 rings (SSSR count). The van der Waals surface area contributed by atoms with E-state index in [1.807, 2.05) is 54.6 Å². The van der Waals surface area contributed by atoms with Crippen LogP contribution in [-0.4, -0.2) is 66.8 Å². The van der Waals surface area contributed by atoms with E-state index in [1.54, 1.807) is 0 Å². The van der Waals surface area contributed by atoms with E-state index in [-0.39, 0.29) is 0 Å². The summed E-state index contributed by atoms with van der Waals surface area (Å²) in [4.78, 5) is 18.0. The molecule has 0 aliphatic carbocycles. The zero-order chi connectivity index (χ0) is 23.5. The first kappa shape index (κ1) is 23.1. The topological polar surface area (TPSA) is 65.0 Å². The van der Waals surface area contributed by atoms with Crippen LogP contribution in [0.4, 0.5) is 5.69 Å². The van der Waals surface area contributed by atoms with Crippen molar-refractivity contribution in [2.75, 3.05) is 45.2 Å². The molecule has 0 saturated carbocycles. The first-order chi connectivity index (χ1) is 16.6. The van der Waals surface area contributed by atoms with Crippen LogP contribution in [-0.2, 0) is 15.1 Å². The summed E-state index contributed by atoms with van der Waals surface area (Å²) in [7, 11) is 1.52. The van der Waals surface area contributed by atoms with Gasteiger partial charge in [-0.25, -0.2) is 4.79 Å². The van der Waals surface area contributed by atoms with Gasteiger partial charge >= 0.3 is 5.97 Å². The summed E-state index contributed by atoms with van der Waals surface area (Å²) in [5, 5.41) is 14.2. The number of para-hydroxylation sites is 1. The van der Waals surface area contributed by atoms with Crippen molar-refractivity contribution in [1.29, 1.82) is 0 Å². The highest BCUT2D eigenvalue weighted by atomic mass is 16.5. The van der Waals surface area contributed by atoms with Crippen molar-refractivity contribution in [2.24, 2.45) is 0 Å². The summed E-state index contributed by atoms with van der Waals surface area (Å²) in [6.45, 7) is 4.93. The van der Waals surface area contributed by atoms with E-state index in [0.717, 1.165) is 48.5 Å². The van der Waals surface area contributed by atoms with E-state index in [9.17, 15) is 9.90 Å². The smallest absolute Gasteiger partial charge is 0.345 e. The summed E-state index contributed by atoms with van der Waals surface area (Å²) >= 11 is 0. The highest BCUT2D eigenvalue weighted by molar-refractivity contribution is 5.96. The van der Waals surface area contributed by atoms with Crippen molar-refractivity contribution >= 4 is 17.4 Å². The fourth-order valence-electron chi connectivity index (χ4n) is 6.00. The molecule has 2 saturated heterocycles. The maximum Gasteiger partial charge on any atom is 0.345 e.